The van der Waals surface area contributed by atoms with Gasteiger partial charge in [-0.05, 0) is 6.92 Å². The van der Waals surface area contributed by atoms with E-state index in [1.807, 2.05) is 0 Å². The first-order valence-electron chi connectivity index (χ1n) is 5.46. The number of carboxylic acid groups (broad SMARTS) is 2. The fourth-order valence-electron chi connectivity index (χ4n) is 0.531. The predicted molar refractivity (Wildman–Crippen MR) is 71.3 cm³/mol. The number of rotatable bonds is 7. The minimum Gasteiger partial charge on any atom is -0.478 e. The molecule has 0 aromatic heterocycles. The molecule has 0 unspecified atom stereocenters. The van der Waals surface area contributed by atoms with Crippen LogP contribution in [-0.2, 0) is 28.7 Å². The van der Waals surface area contributed by atoms with Gasteiger partial charge in [-0.2, -0.15) is 0 Å². The van der Waals surface area contributed by atoms with Gasteiger partial charge in [-0.1, -0.05) is 13.2 Å². The molecule has 0 atom stereocenters. The van der Waals surface area contributed by atoms with Crippen molar-refractivity contribution in [2.24, 2.45) is 0 Å². The number of hydrogen-bond acceptors (Lipinski definition) is 6. The van der Waals surface area contributed by atoms with Crippen molar-refractivity contribution in [1.82, 2.24) is 0 Å². The van der Waals surface area contributed by atoms with Gasteiger partial charge in [0.2, 0.25) is 0 Å². The molecule has 0 radical (unpaired) electrons. The van der Waals surface area contributed by atoms with Crippen LogP contribution in [0.1, 0.15) is 6.92 Å². The third-order valence-corrected chi connectivity index (χ3v) is 1.47. The first-order valence-corrected chi connectivity index (χ1v) is 5.46. The summed E-state index contributed by atoms with van der Waals surface area (Å²) in [7, 11) is 0. The second kappa shape index (κ2) is 12.2. The standard InChI is InChI=1S/C9H10O6.C4H6O2/c1-2-8(12)14-5-6-15-9(13)4-3-7(10)11;1-3(2)4(5)6/h2-4H,1,5-6H2,(H,10,11);1H2,2H3,(H,5,6)/b4-3-;. The Balaban J connectivity index is 0. The Hall–Kier alpha value is -2.90. The number of carboxylic acids is 2. The minimum atomic E-state index is -1.25. The highest BCUT2D eigenvalue weighted by Gasteiger charge is 1.99. The lowest BCUT2D eigenvalue weighted by atomic mass is 10.4. The second-order valence-electron chi connectivity index (χ2n) is 3.30. The lowest BCUT2D eigenvalue weighted by Crippen LogP contribution is -2.11. The van der Waals surface area contributed by atoms with Crippen molar-refractivity contribution in [3.8, 4) is 0 Å². The summed E-state index contributed by atoms with van der Waals surface area (Å²) in [4.78, 5) is 40.8. The van der Waals surface area contributed by atoms with E-state index in [1.165, 1.54) is 6.92 Å². The van der Waals surface area contributed by atoms with E-state index in [4.69, 9.17) is 10.2 Å². The van der Waals surface area contributed by atoms with E-state index >= 15 is 0 Å². The van der Waals surface area contributed by atoms with Gasteiger partial charge < -0.3 is 19.7 Å². The quantitative estimate of drug-likeness (QED) is 0.396. The largest absolute Gasteiger partial charge is 0.478 e. The highest BCUT2D eigenvalue weighted by atomic mass is 16.6. The molecule has 0 fully saturated rings. The van der Waals surface area contributed by atoms with Crippen LogP contribution in [-0.4, -0.2) is 47.3 Å². The Morgan fingerprint density at radius 1 is 1.00 bits per heavy atom. The van der Waals surface area contributed by atoms with E-state index in [0.29, 0.717) is 6.08 Å². The van der Waals surface area contributed by atoms with Crippen LogP contribution in [0.5, 0.6) is 0 Å². The van der Waals surface area contributed by atoms with Crippen molar-refractivity contribution >= 4 is 23.9 Å². The van der Waals surface area contributed by atoms with Crippen LogP contribution in [0.4, 0.5) is 0 Å². The molecular weight excluding hydrogens is 284 g/mol. The number of hydrogen-bond donors (Lipinski definition) is 2. The molecule has 116 valence electrons. The van der Waals surface area contributed by atoms with Crippen molar-refractivity contribution in [2.45, 2.75) is 6.92 Å². The number of aliphatic carboxylic acids is 2. The lowest BCUT2D eigenvalue weighted by Gasteiger charge is -2.01. The van der Waals surface area contributed by atoms with E-state index in [-0.39, 0.29) is 18.8 Å². The van der Waals surface area contributed by atoms with Crippen LogP contribution in [0.2, 0.25) is 0 Å². The number of carbonyl (C=O) groups is 4. The molecule has 0 aliphatic heterocycles. The molecule has 0 aliphatic carbocycles. The van der Waals surface area contributed by atoms with Gasteiger partial charge in [-0.15, -0.1) is 0 Å². The molecule has 0 aromatic rings. The zero-order valence-corrected chi connectivity index (χ0v) is 11.4. The highest BCUT2D eigenvalue weighted by molar-refractivity contribution is 5.90. The molecule has 0 rings (SSSR count). The molecule has 8 nitrogen and oxygen atoms in total. The Bertz CT molecular complexity index is 435. The van der Waals surface area contributed by atoms with E-state index in [1.54, 1.807) is 0 Å². The van der Waals surface area contributed by atoms with E-state index in [2.05, 4.69) is 22.6 Å². The average molecular weight is 300 g/mol. The van der Waals surface area contributed by atoms with Gasteiger partial charge >= 0.3 is 23.9 Å². The van der Waals surface area contributed by atoms with Gasteiger partial charge in [0.25, 0.3) is 0 Å². The maximum absolute atomic E-state index is 10.7. The Kier molecular flexibility index (Phi) is 11.8. The molecule has 0 saturated heterocycles. The number of esters is 2. The summed E-state index contributed by atoms with van der Waals surface area (Å²) in [5, 5.41) is 16.1. The molecule has 0 bridgehead atoms. The third-order valence-electron chi connectivity index (χ3n) is 1.47. The Morgan fingerprint density at radius 3 is 1.76 bits per heavy atom. The van der Waals surface area contributed by atoms with Crippen molar-refractivity contribution in [3.05, 3.63) is 37.0 Å². The summed E-state index contributed by atoms with van der Waals surface area (Å²) < 4.78 is 8.98. The van der Waals surface area contributed by atoms with Crippen molar-refractivity contribution < 1.29 is 38.9 Å². The summed E-state index contributed by atoms with van der Waals surface area (Å²) in [5.74, 6) is -3.61. The molecule has 0 saturated carbocycles. The van der Waals surface area contributed by atoms with Crippen LogP contribution in [0.25, 0.3) is 0 Å². The van der Waals surface area contributed by atoms with Crippen LogP contribution in [0.15, 0.2) is 37.0 Å². The normalized spacial score (nSPS) is 9.00. The van der Waals surface area contributed by atoms with Crippen LogP contribution in [0, 0.1) is 0 Å². The van der Waals surface area contributed by atoms with Crippen molar-refractivity contribution in [2.75, 3.05) is 13.2 Å². The topological polar surface area (TPSA) is 127 Å². The number of ether oxygens (including phenoxy) is 2. The zero-order valence-electron chi connectivity index (χ0n) is 11.4. The fraction of sp³-hybridized carbons (Fsp3) is 0.231. The average Bonchev–Trinajstić information content (AvgIpc) is 2.41. The number of carbonyl (C=O) groups excluding carboxylic acids is 2. The molecule has 0 spiro atoms. The summed E-state index contributed by atoms with van der Waals surface area (Å²) in [5.41, 5.74) is 0.176. The molecule has 0 aliphatic rings. The van der Waals surface area contributed by atoms with Gasteiger partial charge in [0, 0.05) is 23.8 Å². The second-order valence-corrected chi connectivity index (χ2v) is 3.30. The molecule has 8 heteroatoms. The maximum Gasteiger partial charge on any atom is 0.331 e. The summed E-state index contributed by atoms with van der Waals surface area (Å²) in [6.45, 7) is 7.53. The summed E-state index contributed by atoms with van der Waals surface area (Å²) >= 11 is 0. The van der Waals surface area contributed by atoms with Gasteiger partial charge in [-0.3, -0.25) is 0 Å². The molecule has 0 heterocycles. The van der Waals surface area contributed by atoms with Crippen molar-refractivity contribution in [1.29, 1.82) is 0 Å². The Labute approximate surface area is 121 Å². The highest BCUT2D eigenvalue weighted by Crippen LogP contribution is 1.85. The monoisotopic (exact) mass is 300 g/mol. The SMILES string of the molecule is C=C(C)C(=O)O.C=CC(=O)OCCOC(=O)/C=C\C(=O)O. The van der Waals surface area contributed by atoms with Crippen molar-refractivity contribution in [3.63, 3.8) is 0 Å². The first kappa shape index (κ1) is 20.4. The third kappa shape index (κ3) is 17.1. The van der Waals surface area contributed by atoms with Gasteiger partial charge in [0.15, 0.2) is 0 Å². The van der Waals surface area contributed by atoms with E-state index < -0.39 is 23.9 Å². The smallest absolute Gasteiger partial charge is 0.331 e. The minimum absolute atomic E-state index is 0.0997. The molecular formula is C13H16O8. The van der Waals surface area contributed by atoms with Gasteiger partial charge in [0.1, 0.15) is 13.2 Å². The lowest BCUT2D eigenvalue weighted by molar-refractivity contribution is -0.146. The van der Waals surface area contributed by atoms with E-state index in [0.717, 1.165) is 12.2 Å². The molecule has 2 N–H and O–H groups in total. The molecule has 0 aromatic carbocycles. The molecule has 21 heavy (non-hydrogen) atoms. The summed E-state index contributed by atoms with van der Waals surface area (Å²) in [6, 6.07) is 0. The maximum atomic E-state index is 10.7. The molecule has 0 amide bonds. The van der Waals surface area contributed by atoms with E-state index in [9.17, 15) is 19.2 Å². The fourth-order valence-corrected chi connectivity index (χ4v) is 0.531. The first-order chi connectivity index (χ1) is 9.70. The Morgan fingerprint density at radius 2 is 1.43 bits per heavy atom. The zero-order chi connectivity index (χ0) is 16.8. The van der Waals surface area contributed by atoms with Gasteiger partial charge in [-0.25, -0.2) is 19.2 Å². The summed E-state index contributed by atoms with van der Waals surface area (Å²) in [6.07, 6.45) is 2.39. The van der Waals surface area contributed by atoms with Crippen LogP contribution >= 0.6 is 0 Å². The predicted octanol–water partition coefficient (Wildman–Crippen LogP) is 0.547. The van der Waals surface area contributed by atoms with Crippen LogP contribution in [0.3, 0.4) is 0 Å². The van der Waals surface area contributed by atoms with Crippen LogP contribution < -0.4 is 0 Å². The van der Waals surface area contributed by atoms with Gasteiger partial charge in [0.05, 0.1) is 0 Å².